The Balaban J connectivity index is 1.81. The van der Waals surface area contributed by atoms with Crippen molar-refractivity contribution in [2.45, 2.75) is 52.7 Å². The summed E-state index contributed by atoms with van der Waals surface area (Å²) in [4.78, 5) is 14.4. The molecule has 5 nitrogen and oxygen atoms in total. The van der Waals surface area contributed by atoms with Crippen LogP contribution in [0, 0.1) is 5.92 Å². The molecule has 1 saturated heterocycles. The predicted octanol–water partition coefficient (Wildman–Crippen LogP) is 3.86. The minimum atomic E-state index is -0.140. The van der Waals surface area contributed by atoms with E-state index in [-0.39, 0.29) is 18.2 Å². The van der Waals surface area contributed by atoms with E-state index in [0.717, 1.165) is 38.2 Å². The number of hydrogen-bond acceptors (Lipinski definition) is 3. The molecule has 2 atom stereocenters. The van der Waals surface area contributed by atoms with Crippen LogP contribution in [0.3, 0.4) is 0 Å². The van der Waals surface area contributed by atoms with Gasteiger partial charge in [-0.2, -0.15) is 0 Å². The second-order valence-corrected chi connectivity index (χ2v) is 7.15. The zero-order valence-corrected chi connectivity index (χ0v) is 15.3. The molecule has 24 heavy (non-hydrogen) atoms. The lowest BCUT2D eigenvalue weighted by molar-refractivity contribution is 0.0532. The summed E-state index contributed by atoms with van der Waals surface area (Å²) in [5, 5.41) is 5.90. The zero-order valence-electron chi connectivity index (χ0n) is 15.3. The summed E-state index contributed by atoms with van der Waals surface area (Å²) in [6.07, 6.45) is 2.38. The van der Waals surface area contributed by atoms with Crippen LogP contribution >= 0.6 is 0 Å². The average molecular weight is 333 g/mol. The fourth-order valence-corrected chi connectivity index (χ4v) is 2.85. The van der Waals surface area contributed by atoms with E-state index in [4.69, 9.17) is 4.74 Å². The number of amides is 2. The van der Waals surface area contributed by atoms with Crippen LogP contribution < -0.4 is 15.5 Å². The minimum absolute atomic E-state index is 0.140. The fourth-order valence-electron chi connectivity index (χ4n) is 2.85. The van der Waals surface area contributed by atoms with Gasteiger partial charge in [0.05, 0.1) is 12.7 Å². The lowest BCUT2D eigenvalue weighted by Crippen LogP contribution is -2.41. The monoisotopic (exact) mass is 333 g/mol. The van der Waals surface area contributed by atoms with Crippen molar-refractivity contribution >= 4 is 17.4 Å². The molecule has 0 aromatic heterocycles. The van der Waals surface area contributed by atoms with Crippen molar-refractivity contribution in [1.82, 2.24) is 5.32 Å². The van der Waals surface area contributed by atoms with E-state index in [2.05, 4.69) is 48.4 Å². The first-order valence-corrected chi connectivity index (χ1v) is 8.98. The number of carbonyl (C=O) groups is 1. The first kappa shape index (κ1) is 18.6. The summed E-state index contributed by atoms with van der Waals surface area (Å²) in [5.41, 5.74) is 1.98. The van der Waals surface area contributed by atoms with Crippen LogP contribution in [0.5, 0.6) is 0 Å². The van der Waals surface area contributed by atoms with Crippen molar-refractivity contribution in [1.29, 1.82) is 0 Å². The molecule has 2 rings (SSSR count). The quantitative estimate of drug-likeness (QED) is 0.831. The number of nitrogens with one attached hydrogen (secondary N) is 2. The minimum Gasteiger partial charge on any atom is -0.375 e. The fraction of sp³-hybridized carbons (Fsp3) is 0.632. The van der Waals surface area contributed by atoms with Crippen molar-refractivity contribution in [3.8, 4) is 0 Å². The lowest BCUT2D eigenvalue weighted by atomic mass is 10.0. The molecular weight excluding hydrogens is 302 g/mol. The largest absolute Gasteiger partial charge is 0.375 e. The molecule has 1 aliphatic heterocycles. The number of urea groups is 1. The molecule has 2 unspecified atom stereocenters. The maximum absolute atomic E-state index is 12.0. The Hall–Kier alpha value is -1.75. The summed E-state index contributed by atoms with van der Waals surface area (Å²) < 4.78 is 5.57. The van der Waals surface area contributed by atoms with Crippen LogP contribution in [0.1, 0.15) is 40.5 Å². The molecule has 1 aromatic carbocycles. The van der Waals surface area contributed by atoms with Crippen LogP contribution in [-0.2, 0) is 4.74 Å². The maximum Gasteiger partial charge on any atom is 0.319 e. The Morgan fingerprint density at radius 3 is 2.58 bits per heavy atom. The van der Waals surface area contributed by atoms with Gasteiger partial charge in [0.2, 0.25) is 0 Å². The standard InChI is InChI=1S/C19H31N3O2/c1-14(2)5-6-15(3)20-19(23)21-17-7-9-18(10-8-17)22-11-12-24-16(4)13-22/h7-10,14-16H,5-6,11-13H2,1-4H3,(H2,20,21,23). The van der Waals surface area contributed by atoms with Gasteiger partial charge in [-0.25, -0.2) is 4.79 Å². The zero-order chi connectivity index (χ0) is 17.5. The van der Waals surface area contributed by atoms with Gasteiger partial charge in [-0.05, 0) is 56.9 Å². The van der Waals surface area contributed by atoms with Gasteiger partial charge in [0, 0.05) is 30.5 Å². The van der Waals surface area contributed by atoms with Crippen molar-refractivity contribution in [3.05, 3.63) is 24.3 Å². The van der Waals surface area contributed by atoms with E-state index in [9.17, 15) is 4.79 Å². The summed E-state index contributed by atoms with van der Waals surface area (Å²) in [6.45, 7) is 11.1. The molecule has 0 aliphatic carbocycles. The van der Waals surface area contributed by atoms with E-state index in [1.54, 1.807) is 0 Å². The van der Waals surface area contributed by atoms with E-state index < -0.39 is 0 Å². The number of hydrogen-bond donors (Lipinski definition) is 2. The van der Waals surface area contributed by atoms with Crippen molar-refractivity contribution in [3.63, 3.8) is 0 Å². The molecule has 0 spiro atoms. The van der Waals surface area contributed by atoms with Gasteiger partial charge in [-0.1, -0.05) is 13.8 Å². The van der Waals surface area contributed by atoms with Crippen LogP contribution in [0.25, 0.3) is 0 Å². The number of nitrogens with zero attached hydrogens (tertiary/aromatic N) is 1. The summed E-state index contributed by atoms with van der Waals surface area (Å²) in [7, 11) is 0. The van der Waals surface area contributed by atoms with E-state index in [1.165, 1.54) is 5.69 Å². The molecule has 5 heteroatoms. The molecular formula is C19H31N3O2. The third-order valence-electron chi connectivity index (χ3n) is 4.29. The second kappa shape index (κ2) is 8.92. The first-order chi connectivity index (χ1) is 11.4. The molecule has 1 aromatic rings. The highest BCUT2D eigenvalue weighted by molar-refractivity contribution is 5.89. The molecule has 2 N–H and O–H groups in total. The van der Waals surface area contributed by atoms with Crippen LogP contribution in [0.15, 0.2) is 24.3 Å². The number of morpholine rings is 1. The topological polar surface area (TPSA) is 53.6 Å². The maximum atomic E-state index is 12.0. The third-order valence-corrected chi connectivity index (χ3v) is 4.29. The molecule has 0 bridgehead atoms. The number of carbonyl (C=O) groups excluding carboxylic acids is 1. The Bertz CT molecular complexity index is 516. The van der Waals surface area contributed by atoms with Crippen LogP contribution in [-0.4, -0.2) is 37.9 Å². The number of anilines is 2. The number of ether oxygens (including phenoxy) is 1. The summed E-state index contributed by atoms with van der Waals surface area (Å²) in [6, 6.07) is 8.05. The smallest absolute Gasteiger partial charge is 0.319 e. The second-order valence-electron chi connectivity index (χ2n) is 7.15. The van der Waals surface area contributed by atoms with E-state index >= 15 is 0 Å². The van der Waals surface area contributed by atoms with Crippen molar-refractivity contribution in [2.24, 2.45) is 5.92 Å². The van der Waals surface area contributed by atoms with E-state index in [1.807, 2.05) is 19.1 Å². The van der Waals surface area contributed by atoms with Gasteiger partial charge >= 0.3 is 6.03 Å². The van der Waals surface area contributed by atoms with Gasteiger partial charge in [-0.3, -0.25) is 0 Å². The van der Waals surface area contributed by atoms with Gasteiger partial charge in [0.25, 0.3) is 0 Å². The molecule has 1 fully saturated rings. The number of benzene rings is 1. The Morgan fingerprint density at radius 2 is 1.96 bits per heavy atom. The highest BCUT2D eigenvalue weighted by atomic mass is 16.5. The van der Waals surface area contributed by atoms with Gasteiger partial charge < -0.3 is 20.3 Å². The molecule has 0 saturated carbocycles. The van der Waals surface area contributed by atoms with Crippen LogP contribution in [0.2, 0.25) is 0 Å². The Labute approximate surface area is 145 Å². The molecule has 1 heterocycles. The SMILES string of the molecule is CC(C)CCC(C)NC(=O)Nc1ccc(N2CCOC(C)C2)cc1. The summed E-state index contributed by atoms with van der Waals surface area (Å²) in [5.74, 6) is 0.660. The third kappa shape index (κ3) is 6.04. The Kier molecular flexibility index (Phi) is 6.91. The molecule has 0 radical (unpaired) electrons. The van der Waals surface area contributed by atoms with Crippen molar-refractivity contribution in [2.75, 3.05) is 29.9 Å². The molecule has 2 amide bonds. The first-order valence-electron chi connectivity index (χ1n) is 8.98. The predicted molar refractivity (Wildman–Crippen MR) is 99.8 cm³/mol. The normalized spacial score (nSPS) is 19.2. The van der Waals surface area contributed by atoms with Crippen LogP contribution in [0.4, 0.5) is 16.2 Å². The van der Waals surface area contributed by atoms with E-state index in [0.29, 0.717) is 5.92 Å². The highest BCUT2D eigenvalue weighted by Gasteiger charge is 2.17. The van der Waals surface area contributed by atoms with Crippen molar-refractivity contribution < 1.29 is 9.53 Å². The Morgan fingerprint density at radius 1 is 1.25 bits per heavy atom. The lowest BCUT2D eigenvalue weighted by Gasteiger charge is -2.33. The van der Waals surface area contributed by atoms with Gasteiger partial charge in [0.15, 0.2) is 0 Å². The van der Waals surface area contributed by atoms with Gasteiger partial charge in [0.1, 0.15) is 0 Å². The molecule has 1 aliphatic rings. The average Bonchev–Trinajstić information content (AvgIpc) is 2.53. The number of rotatable bonds is 6. The molecule has 134 valence electrons. The van der Waals surface area contributed by atoms with Gasteiger partial charge in [-0.15, -0.1) is 0 Å². The highest BCUT2D eigenvalue weighted by Crippen LogP contribution is 2.20. The summed E-state index contributed by atoms with van der Waals surface area (Å²) >= 11 is 0.